The normalized spacial score (nSPS) is 21.3. The van der Waals surface area contributed by atoms with Crippen molar-refractivity contribution in [1.82, 2.24) is 4.98 Å². The van der Waals surface area contributed by atoms with Crippen LogP contribution in [0.4, 0.5) is 14.9 Å². The average molecular weight is 210 g/mol. The largest absolute Gasteiger partial charge is 0.449 e. The number of aromatic nitrogens is 1. The van der Waals surface area contributed by atoms with Crippen molar-refractivity contribution in [3.63, 3.8) is 0 Å². The molecular formula is C10H11FN2O2. The number of cyclic esters (lactones) is 1. The third-order valence-corrected chi connectivity index (χ3v) is 2.40. The number of ether oxygens (including phenoxy) is 1. The molecule has 1 aliphatic heterocycles. The summed E-state index contributed by atoms with van der Waals surface area (Å²) in [7, 11) is 0. The van der Waals surface area contributed by atoms with Crippen LogP contribution in [0.2, 0.25) is 0 Å². The van der Waals surface area contributed by atoms with Gasteiger partial charge in [0, 0.05) is 18.7 Å². The molecule has 1 atom stereocenters. The van der Waals surface area contributed by atoms with Crippen LogP contribution in [0.5, 0.6) is 0 Å². The zero-order valence-corrected chi connectivity index (χ0v) is 8.31. The van der Waals surface area contributed by atoms with Crippen LogP contribution in [0, 0.1) is 5.95 Å². The Hall–Kier alpha value is -1.65. The van der Waals surface area contributed by atoms with Gasteiger partial charge >= 0.3 is 6.09 Å². The smallest absolute Gasteiger partial charge is 0.414 e. The van der Waals surface area contributed by atoms with E-state index in [1.165, 1.54) is 17.2 Å². The summed E-state index contributed by atoms with van der Waals surface area (Å²) in [5, 5.41) is 0. The molecule has 1 amide bonds. The molecule has 5 heteroatoms. The van der Waals surface area contributed by atoms with Crippen molar-refractivity contribution in [3.8, 4) is 0 Å². The van der Waals surface area contributed by atoms with Gasteiger partial charge in [-0.3, -0.25) is 4.90 Å². The predicted molar refractivity (Wildman–Crippen MR) is 52.1 cm³/mol. The highest BCUT2D eigenvalue weighted by Crippen LogP contribution is 2.24. The molecule has 1 aliphatic rings. The van der Waals surface area contributed by atoms with Crippen LogP contribution in [0.15, 0.2) is 18.3 Å². The van der Waals surface area contributed by atoms with Gasteiger partial charge in [-0.2, -0.15) is 4.39 Å². The Morgan fingerprint density at radius 2 is 2.47 bits per heavy atom. The van der Waals surface area contributed by atoms with Gasteiger partial charge in [-0.25, -0.2) is 9.78 Å². The number of carbonyl (C=O) groups is 1. The van der Waals surface area contributed by atoms with Crippen molar-refractivity contribution >= 4 is 11.8 Å². The molecule has 4 nitrogen and oxygen atoms in total. The molecule has 0 N–H and O–H groups in total. The summed E-state index contributed by atoms with van der Waals surface area (Å²) in [5.74, 6) is -0.650. The molecule has 1 saturated heterocycles. The SMILES string of the molecule is CC1CCOC(=O)N1c1cccnc1F. The molecule has 0 spiro atoms. The summed E-state index contributed by atoms with van der Waals surface area (Å²) < 4.78 is 18.2. The summed E-state index contributed by atoms with van der Waals surface area (Å²) in [6.07, 6.45) is 1.53. The minimum absolute atomic E-state index is 0.0649. The van der Waals surface area contributed by atoms with Gasteiger partial charge in [-0.1, -0.05) is 0 Å². The van der Waals surface area contributed by atoms with E-state index in [1.807, 2.05) is 6.92 Å². The molecule has 0 aromatic carbocycles. The van der Waals surface area contributed by atoms with E-state index in [1.54, 1.807) is 6.07 Å². The maximum absolute atomic E-state index is 13.4. The molecule has 15 heavy (non-hydrogen) atoms. The molecule has 0 radical (unpaired) electrons. The highest BCUT2D eigenvalue weighted by molar-refractivity contribution is 5.88. The highest BCUT2D eigenvalue weighted by atomic mass is 19.1. The first kappa shape index (κ1) is 9.89. The lowest BCUT2D eigenvalue weighted by Crippen LogP contribution is -2.44. The molecule has 2 heterocycles. The summed E-state index contributed by atoms with van der Waals surface area (Å²) >= 11 is 0. The minimum atomic E-state index is -0.650. The number of hydrogen-bond donors (Lipinski definition) is 0. The number of halogens is 1. The Bertz CT molecular complexity index is 383. The van der Waals surface area contributed by atoms with Gasteiger partial charge in [0.1, 0.15) is 5.69 Å². The van der Waals surface area contributed by atoms with Crippen LogP contribution in [0.3, 0.4) is 0 Å². The van der Waals surface area contributed by atoms with Crippen molar-refractivity contribution in [3.05, 3.63) is 24.3 Å². The third-order valence-electron chi connectivity index (χ3n) is 2.40. The second-order valence-corrected chi connectivity index (χ2v) is 3.44. The van der Waals surface area contributed by atoms with Gasteiger partial charge in [-0.05, 0) is 19.1 Å². The van der Waals surface area contributed by atoms with E-state index in [9.17, 15) is 9.18 Å². The first-order valence-corrected chi connectivity index (χ1v) is 4.76. The molecule has 80 valence electrons. The minimum Gasteiger partial charge on any atom is -0.449 e. The summed E-state index contributed by atoms with van der Waals surface area (Å²) in [4.78, 5) is 16.3. The first-order chi connectivity index (χ1) is 7.20. The Labute approximate surface area is 86.7 Å². The Kier molecular flexibility index (Phi) is 2.53. The Morgan fingerprint density at radius 1 is 1.67 bits per heavy atom. The van der Waals surface area contributed by atoms with Crippen molar-refractivity contribution in [2.75, 3.05) is 11.5 Å². The molecule has 2 rings (SSSR count). The monoisotopic (exact) mass is 210 g/mol. The van der Waals surface area contributed by atoms with Gasteiger partial charge in [-0.15, -0.1) is 0 Å². The second-order valence-electron chi connectivity index (χ2n) is 3.44. The first-order valence-electron chi connectivity index (χ1n) is 4.76. The van der Waals surface area contributed by atoms with E-state index in [2.05, 4.69) is 4.98 Å². The van der Waals surface area contributed by atoms with Gasteiger partial charge < -0.3 is 4.74 Å². The van der Waals surface area contributed by atoms with Gasteiger partial charge in [0.2, 0.25) is 5.95 Å². The third kappa shape index (κ3) is 1.77. The fourth-order valence-electron chi connectivity index (χ4n) is 1.59. The van der Waals surface area contributed by atoms with E-state index in [-0.39, 0.29) is 11.7 Å². The van der Waals surface area contributed by atoms with E-state index in [0.717, 1.165) is 0 Å². The molecule has 0 saturated carbocycles. The molecule has 1 unspecified atom stereocenters. The van der Waals surface area contributed by atoms with E-state index >= 15 is 0 Å². The highest BCUT2D eigenvalue weighted by Gasteiger charge is 2.29. The Balaban J connectivity index is 2.36. The maximum Gasteiger partial charge on any atom is 0.414 e. The summed E-state index contributed by atoms with van der Waals surface area (Å²) in [6, 6.07) is 3.04. The number of amides is 1. The fourth-order valence-corrected chi connectivity index (χ4v) is 1.59. The van der Waals surface area contributed by atoms with Crippen molar-refractivity contribution in [2.24, 2.45) is 0 Å². The zero-order valence-electron chi connectivity index (χ0n) is 8.31. The van der Waals surface area contributed by atoms with Crippen LogP contribution in [0.1, 0.15) is 13.3 Å². The van der Waals surface area contributed by atoms with Crippen LogP contribution < -0.4 is 4.90 Å². The maximum atomic E-state index is 13.4. The van der Waals surface area contributed by atoms with Crippen LogP contribution >= 0.6 is 0 Å². The van der Waals surface area contributed by atoms with Crippen molar-refractivity contribution < 1.29 is 13.9 Å². The lowest BCUT2D eigenvalue weighted by atomic mass is 10.2. The molecule has 1 aromatic rings. The zero-order chi connectivity index (χ0) is 10.8. The predicted octanol–water partition coefficient (Wildman–Crippen LogP) is 1.96. The van der Waals surface area contributed by atoms with Gasteiger partial charge in [0.25, 0.3) is 0 Å². The quantitative estimate of drug-likeness (QED) is 0.665. The average Bonchev–Trinajstić information content (AvgIpc) is 2.20. The number of carbonyl (C=O) groups excluding carboxylic acids is 1. The van der Waals surface area contributed by atoms with Crippen molar-refractivity contribution in [1.29, 1.82) is 0 Å². The van der Waals surface area contributed by atoms with Crippen molar-refractivity contribution in [2.45, 2.75) is 19.4 Å². The molecular weight excluding hydrogens is 199 g/mol. The number of hydrogen-bond acceptors (Lipinski definition) is 3. The number of anilines is 1. The number of rotatable bonds is 1. The van der Waals surface area contributed by atoms with E-state index in [0.29, 0.717) is 13.0 Å². The molecule has 0 bridgehead atoms. The standard InChI is InChI=1S/C10H11FN2O2/c1-7-4-6-15-10(14)13(7)8-3-2-5-12-9(8)11/h2-3,5,7H,4,6H2,1H3. The molecule has 1 fully saturated rings. The van der Waals surface area contributed by atoms with Gasteiger partial charge in [0.05, 0.1) is 6.61 Å². The lowest BCUT2D eigenvalue weighted by Gasteiger charge is -2.32. The van der Waals surface area contributed by atoms with Crippen LogP contribution in [0.25, 0.3) is 0 Å². The summed E-state index contributed by atoms with van der Waals surface area (Å²) in [6.45, 7) is 2.24. The van der Waals surface area contributed by atoms with Crippen LogP contribution in [-0.4, -0.2) is 23.7 Å². The fraction of sp³-hybridized carbons (Fsp3) is 0.400. The van der Waals surface area contributed by atoms with E-state index in [4.69, 9.17) is 4.74 Å². The van der Waals surface area contributed by atoms with E-state index < -0.39 is 12.0 Å². The molecule has 0 aliphatic carbocycles. The lowest BCUT2D eigenvalue weighted by molar-refractivity contribution is 0.130. The second kappa shape index (κ2) is 3.84. The Morgan fingerprint density at radius 3 is 3.13 bits per heavy atom. The summed E-state index contributed by atoms with van der Waals surface area (Å²) in [5.41, 5.74) is 0.176. The number of pyridine rings is 1. The topological polar surface area (TPSA) is 42.4 Å². The molecule has 1 aromatic heterocycles. The number of nitrogens with zero attached hydrogens (tertiary/aromatic N) is 2. The van der Waals surface area contributed by atoms with Gasteiger partial charge in [0.15, 0.2) is 0 Å². The van der Waals surface area contributed by atoms with Crippen LogP contribution in [-0.2, 0) is 4.74 Å².